The maximum atomic E-state index is 12.7. The molecule has 8 nitrogen and oxygen atoms in total. The highest BCUT2D eigenvalue weighted by atomic mass is 16.6. The summed E-state index contributed by atoms with van der Waals surface area (Å²) in [6.07, 6.45) is 49.4. The van der Waals surface area contributed by atoms with Gasteiger partial charge in [-0.25, -0.2) is 0 Å². The van der Waals surface area contributed by atoms with Crippen molar-refractivity contribution in [1.29, 1.82) is 0 Å². The summed E-state index contributed by atoms with van der Waals surface area (Å²) in [5.74, 6) is -1.87. The molecule has 2 atom stereocenters. The standard InChI is InChI=1S/C46H69NO7/c1-6-8-10-12-14-16-18-20-21-22-23-25-27-29-31-33-35-37-45(49)54-42(40-52-39-38-43(46(50)51)47(3,4)5)41-53-44(48)36-34-32-30-28-26-24-19-17-15-13-11-9-7-2/h8-27,42-43H,6-7,28-41H2,1-5H3/b10-8+,11-9+,14-12+,15-13+,18-16+,19-17+,21-20+,23-22+,26-24+,27-25+. The SMILES string of the molecule is CC/C=C/C=C/C=C/C=C/C=C/C=C/CCCCCC(=O)OC(COCCC(C(=O)[O-])[N+](C)(C)C)COC(=O)CCCCC/C=C/C=C/C=C/C=C/CC. The van der Waals surface area contributed by atoms with Crippen molar-refractivity contribution in [2.45, 2.75) is 109 Å². The van der Waals surface area contributed by atoms with E-state index in [2.05, 4.69) is 38.2 Å². The molecule has 54 heavy (non-hydrogen) atoms. The van der Waals surface area contributed by atoms with Gasteiger partial charge in [0.15, 0.2) is 6.10 Å². The first kappa shape index (κ1) is 49.7. The monoisotopic (exact) mass is 748 g/mol. The second-order valence-electron chi connectivity index (χ2n) is 13.6. The van der Waals surface area contributed by atoms with E-state index in [1.165, 1.54) is 0 Å². The minimum absolute atomic E-state index is 0.000571. The smallest absolute Gasteiger partial charge is 0.306 e. The Morgan fingerprint density at radius 2 is 0.981 bits per heavy atom. The van der Waals surface area contributed by atoms with Crippen molar-refractivity contribution in [3.63, 3.8) is 0 Å². The third-order valence-electron chi connectivity index (χ3n) is 7.85. The van der Waals surface area contributed by atoms with Crippen molar-refractivity contribution >= 4 is 17.9 Å². The number of hydrogen-bond acceptors (Lipinski definition) is 7. The molecule has 0 aliphatic heterocycles. The largest absolute Gasteiger partial charge is 0.544 e. The molecule has 2 unspecified atom stereocenters. The van der Waals surface area contributed by atoms with Crippen LogP contribution in [-0.2, 0) is 28.6 Å². The number of ether oxygens (including phenoxy) is 3. The number of unbranched alkanes of at least 4 members (excludes halogenated alkanes) is 6. The maximum Gasteiger partial charge on any atom is 0.306 e. The Hall–Kier alpha value is -4.27. The van der Waals surface area contributed by atoms with Crippen LogP contribution in [0.2, 0.25) is 0 Å². The normalized spacial score (nSPS) is 14.3. The number of rotatable bonds is 32. The highest BCUT2D eigenvalue weighted by Gasteiger charge is 2.25. The number of likely N-dealkylation sites (N-methyl/N-ethyl adjacent to an activating group) is 1. The molecule has 0 rings (SSSR count). The lowest BCUT2D eigenvalue weighted by atomic mass is 10.1. The highest BCUT2D eigenvalue weighted by Crippen LogP contribution is 2.11. The van der Waals surface area contributed by atoms with E-state index >= 15 is 0 Å². The molecule has 0 aromatic heterocycles. The number of quaternary nitrogens is 1. The number of hydrogen-bond donors (Lipinski definition) is 0. The van der Waals surface area contributed by atoms with E-state index < -0.39 is 18.1 Å². The van der Waals surface area contributed by atoms with Crippen molar-refractivity contribution in [1.82, 2.24) is 0 Å². The zero-order valence-corrected chi connectivity index (χ0v) is 33.8. The minimum Gasteiger partial charge on any atom is -0.544 e. The maximum absolute atomic E-state index is 12.7. The van der Waals surface area contributed by atoms with Crippen molar-refractivity contribution in [3.8, 4) is 0 Å². The minimum atomic E-state index is -1.15. The van der Waals surface area contributed by atoms with Gasteiger partial charge >= 0.3 is 11.9 Å². The van der Waals surface area contributed by atoms with Gasteiger partial charge in [-0.15, -0.1) is 0 Å². The molecule has 0 heterocycles. The number of aliphatic carboxylic acids is 1. The van der Waals surface area contributed by atoms with Crippen LogP contribution in [0.5, 0.6) is 0 Å². The van der Waals surface area contributed by atoms with E-state index in [1.807, 2.05) is 97.2 Å². The van der Waals surface area contributed by atoms with Crippen LogP contribution in [0.25, 0.3) is 0 Å². The van der Waals surface area contributed by atoms with Gasteiger partial charge < -0.3 is 28.6 Å². The predicted molar refractivity (Wildman–Crippen MR) is 221 cm³/mol. The summed E-state index contributed by atoms with van der Waals surface area (Å²) < 4.78 is 17.0. The van der Waals surface area contributed by atoms with Crippen LogP contribution < -0.4 is 5.11 Å². The Bertz CT molecular complexity index is 1290. The first-order valence-corrected chi connectivity index (χ1v) is 19.7. The van der Waals surface area contributed by atoms with Gasteiger partial charge in [-0.1, -0.05) is 148 Å². The lowest BCUT2D eigenvalue weighted by molar-refractivity contribution is -0.889. The van der Waals surface area contributed by atoms with Crippen LogP contribution in [-0.4, -0.2) is 75.5 Å². The third kappa shape index (κ3) is 33.6. The summed E-state index contributed by atoms with van der Waals surface area (Å²) in [5.41, 5.74) is 0. The van der Waals surface area contributed by atoms with Gasteiger partial charge in [0, 0.05) is 19.3 Å². The molecule has 0 bridgehead atoms. The van der Waals surface area contributed by atoms with E-state index in [1.54, 1.807) is 21.1 Å². The van der Waals surface area contributed by atoms with Crippen LogP contribution in [0, 0.1) is 0 Å². The summed E-state index contributed by atoms with van der Waals surface area (Å²) >= 11 is 0. The van der Waals surface area contributed by atoms with E-state index in [4.69, 9.17) is 14.2 Å². The summed E-state index contributed by atoms with van der Waals surface area (Å²) in [6.45, 7) is 4.23. The fourth-order valence-corrected chi connectivity index (χ4v) is 4.82. The zero-order valence-electron chi connectivity index (χ0n) is 33.8. The third-order valence-corrected chi connectivity index (χ3v) is 7.85. The van der Waals surface area contributed by atoms with Gasteiger partial charge in [0.2, 0.25) is 0 Å². The Balaban J connectivity index is 4.62. The first-order valence-electron chi connectivity index (χ1n) is 19.7. The van der Waals surface area contributed by atoms with E-state index in [9.17, 15) is 19.5 Å². The van der Waals surface area contributed by atoms with Gasteiger partial charge in [0.05, 0.1) is 40.3 Å². The van der Waals surface area contributed by atoms with Gasteiger partial charge in [-0.05, 0) is 51.4 Å². The molecule has 0 spiro atoms. The molecule has 0 aliphatic rings. The van der Waals surface area contributed by atoms with Gasteiger partial charge in [0.25, 0.3) is 0 Å². The van der Waals surface area contributed by atoms with Crippen LogP contribution >= 0.6 is 0 Å². The van der Waals surface area contributed by atoms with E-state index in [0.717, 1.165) is 51.4 Å². The van der Waals surface area contributed by atoms with Crippen molar-refractivity contribution in [2.75, 3.05) is 41.0 Å². The quantitative estimate of drug-likeness (QED) is 0.0293. The molecule has 0 N–H and O–H groups in total. The fraction of sp³-hybridized carbons (Fsp3) is 0.500. The number of carboxylic acid groups (broad SMARTS) is 1. The topological polar surface area (TPSA) is 102 Å². The molecule has 0 aliphatic carbocycles. The van der Waals surface area contributed by atoms with Crippen molar-refractivity contribution < 1.29 is 38.2 Å². The molecule has 0 aromatic rings. The Morgan fingerprint density at radius 1 is 0.556 bits per heavy atom. The Kier molecular flexibility index (Phi) is 32.9. The molecule has 0 fully saturated rings. The molecular formula is C46H69NO7. The summed E-state index contributed by atoms with van der Waals surface area (Å²) in [5, 5.41) is 11.6. The predicted octanol–water partition coefficient (Wildman–Crippen LogP) is 8.96. The van der Waals surface area contributed by atoms with Crippen LogP contribution in [0.1, 0.15) is 97.3 Å². The van der Waals surface area contributed by atoms with Crippen LogP contribution in [0.3, 0.4) is 0 Å². The highest BCUT2D eigenvalue weighted by molar-refractivity contribution is 5.70. The molecule has 8 heteroatoms. The average molecular weight is 748 g/mol. The number of esters is 2. The van der Waals surface area contributed by atoms with Crippen LogP contribution in [0.4, 0.5) is 0 Å². The Labute approximate surface area is 327 Å². The lowest BCUT2D eigenvalue weighted by Gasteiger charge is -2.34. The lowest BCUT2D eigenvalue weighted by Crippen LogP contribution is -2.55. The molecule has 0 radical (unpaired) electrons. The number of carboxylic acids is 1. The molecule has 0 amide bonds. The summed E-state index contributed by atoms with van der Waals surface area (Å²) in [4.78, 5) is 36.7. The van der Waals surface area contributed by atoms with Gasteiger partial charge in [0.1, 0.15) is 12.6 Å². The second-order valence-corrected chi connectivity index (χ2v) is 13.6. The fourth-order valence-electron chi connectivity index (χ4n) is 4.82. The second kappa shape index (κ2) is 35.7. The first-order chi connectivity index (χ1) is 26.1. The summed E-state index contributed by atoms with van der Waals surface area (Å²) in [6, 6.07) is -0.748. The van der Waals surface area contributed by atoms with Crippen molar-refractivity contribution in [2.24, 2.45) is 0 Å². The molecule has 0 aromatic carbocycles. The Morgan fingerprint density at radius 3 is 1.41 bits per heavy atom. The molecule has 300 valence electrons. The number of nitrogens with zero attached hydrogens (tertiary/aromatic N) is 1. The summed E-state index contributed by atoms with van der Waals surface area (Å²) in [7, 11) is 5.35. The molecular weight excluding hydrogens is 679 g/mol. The molecule has 0 saturated heterocycles. The average Bonchev–Trinajstić information content (AvgIpc) is 3.12. The zero-order chi connectivity index (χ0) is 40.0. The number of carbonyl (C=O) groups excluding carboxylic acids is 3. The van der Waals surface area contributed by atoms with E-state index in [-0.39, 0.29) is 55.5 Å². The van der Waals surface area contributed by atoms with Crippen LogP contribution in [0.15, 0.2) is 122 Å². The number of carbonyl (C=O) groups is 3. The number of allylic oxidation sites excluding steroid dienone is 20. The molecule has 0 saturated carbocycles. The van der Waals surface area contributed by atoms with E-state index in [0.29, 0.717) is 12.8 Å². The van der Waals surface area contributed by atoms with Gasteiger partial charge in [-0.3, -0.25) is 9.59 Å². The van der Waals surface area contributed by atoms with Crippen molar-refractivity contribution in [3.05, 3.63) is 122 Å². The van der Waals surface area contributed by atoms with Gasteiger partial charge in [-0.2, -0.15) is 0 Å².